The number of carbonyl (C=O) groups is 2. The average molecular weight is 623 g/mol. The molecular formula is C35H27ClN2O7. The van der Waals surface area contributed by atoms with Gasteiger partial charge < -0.3 is 23.4 Å². The number of furan rings is 1. The van der Waals surface area contributed by atoms with E-state index in [4.69, 9.17) is 35.0 Å². The zero-order valence-corrected chi connectivity index (χ0v) is 25.1. The van der Waals surface area contributed by atoms with E-state index in [0.29, 0.717) is 44.7 Å². The Labute approximate surface area is 264 Å². The fraction of sp³-hybridized carbons (Fsp3) is 0.114. The minimum atomic E-state index is -0.755. The molecule has 0 aliphatic rings. The molecule has 9 nitrogen and oxygen atoms in total. The van der Waals surface area contributed by atoms with Crippen LogP contribution in [0.15, 0.2) is 101 Å². The molecule has 45 heavy (non-hydrogen) atoms. The summed E-state index contributed by atoms with van der Waals surface area (Å²) in [7, 11) is 3.12. The third-order valence-electron chi connectivity index (χ3n) is 6.75. The van der Waals surface area contributed by atoms with Crippen LogP contribution in [0.4, 0.5) is 5.88 Å². The number of hydrogen-bond donors (Lipinski definition) is 1. The molecule has 1 amide bonds. The fourth-order valence-corrected chi connectivity index (χ4v) is 4.61. The molecule has 5 aromatic rings. The summed E-state index contributed by atoms with van der Waals surface area (Å²) in [6.45, 7) is -0.434. The number of rotatable bonds is 11. The van der Waals surface area contributed by atoms with Gasteiger partial charge >= 0.3 is 5.97 Å². The predicted octanol–water partition coefficient (Wildman–Crippen LogP) is 7.53. The number of amides is 1. The number of halogens is 1. The van der Waals surface area contributed by atoms with Crippen LogP contribution >= 0.6 is 11.6 Å². The highest BCUT2D eigenvalue weighted by Gasteiger charge is 2.25. The van der Waals surface area contributed by atoms with Crippen LogP contribution in [0, 0.1) is 11.3 Å². The van der Waals surface area contributed by atoms with Crippen LogP contribution < -0.4 is 19.5 Å². The van der Waals surface area contributed by atoms with E-state index in [0.717, 1.165) is 5.56 Å². The second-order valence-electron chi connectivity index (χ2n) is 9.61. The first kappa shape index (κ1) is 30.7. The van der Waals surface area contributed by atoms with Crippen molar-refractivity contribution in [2.45, 2.75) is 6.61 Å². The third kappa shape index (κ3) is 7.26. The van der Waals surface area contributed by atoms with Gasteiger partial charge in [0.25, 0.3) is 5.91 Å². The average Bonchev–Trinajstić information content (AvgIpc) is 3.44. The number of anilines is 1. The Bertz CT molecular complexity index is 1840. The molecule has 0 unspecified atom stereocenters. The third-order valence-corrected chi connectivity index (χ3v) is 7.00. The van der Waals surface area contributed by atoms with Crippen LogP contribution in [0.3, 0.4) is 0 Å². The molecule has 0 atom stereocenters. The molecule has 0 saturated carbocycles. The lowest BCUT2D eigenvalue weighted by Crippen LogP contribution is -2.21. The summed E-state index contributed by atoms with van der Waals surface area (Å²) >= 11 is 5.94. The second-order valence-corrected chi connectivity index (χ2v) is 10.1. The lowest BCUT2D eigenvalue weighted by molar-refractivity contribution is -0.119. The van der Waals surface area contributed by atoms with Crippen molar-refractivity contribution in [1.29, 1.82) is 5.26 Å². The van der Waals surface area contributed by atoms with Gasteiger partial charge in [-0.15, -0.1) is 0 Å². The first-order chi connectivity index (χ1) is 21.9. The number of para-hydroxylation sites is 1. The molecule has 0 aliphatic carbocycles. The molecule has 4 aromatic carbocycles. The molecule has 0 aliphatic heterocycles. The van der Waals surface area contributed by atoms with E-state index in [1.807, 2.05) is 12.1 Å². The number of nitrogens with one attached hydrogen (secondary N) is 1. The van der Waals surface area contributed by atoms with Gasteiger partial charge in [0.15, 0.2) is 6.61 Å². The van der Waals surface area contributed by atoms with Gasteiger partial charge in [-0.25, -0.2) is 4.79 Å². The lowest BCUT2D eigenvalue weighted by atomic mass is 9.98. The van der Waals surface area contributed by atoms with Gasteiger partial charge in [0.1, 0.15) is 46.8 Å². The van der Waals surface area contributed by atoms with Crippen LogP contribution in [-0.2, 0) is 16.1 Å². The van der Waals surface area contributed by atoms with Gasteiger partial charge in [-0.3, -0.25) is 10.1 Å². The molecule has 1 N–H and O–H groups in total. The van der Waals surface area contributed by atoms with Crippen molar-refractivity contribution < 1.29 is 33.0 Å². The number of carbonyl (C=O) groups excluding carboxylic acids is 2. The van der Waals surface area contributed by atoms with E-state index >= 15 is 0 Å². The highest BCUT2D eigenvalue weighted by Crippen LogP contribution is 2.42. The molecule has 0 bridgehead atoms. The molecule has 226 valence electrons. The molecule has 0 saturated heterocycles. The summed E-state index contributed by atoms with van der Waals surface area (Å²) < 4.78 is 27.7. The summed E-state index contributed by atoms with van der Waals surface area (Å²) in [5.74, 6) is 0.401. The van der Waals surface area contributed by atoms with Crippen LogP contribution in [0.5, 0.6) is 17.2 Å². The van der Waals surface area contributed by atoms with Crippen LogP contribution in [0.25, 0.3) is 22.5 Å². The van der Waals surface area contributed by atoms with Crippen molar-refractivity contribution in [3.63, 3.8) is 0 Å². The summed E-state index contributed by atoms with van der Waals surface area (Å²) in [5, 5.41) is 13.3. The minimum absolute atomic E-state index is 0.0816. The second kappa shape index (κ2) is 14.2. The number of nitriles is 1. The maximum atomic E-state index is 13.0. The first-order valence-electron chi connectivity index (χ1n) is 13.7. The highest BCUT2D eigenvalue weighted by atomic mass is 35.5. The van der Waals surface area contributed by atoms with Crippen LogP contribution in [0.1, 0.15) is 21.5 Å². The maximum Gasteiger partial charge on any atom is 0.342 e. The standard InChI is InChI=1S/C35H27ClN2O7/c1-41-26-15-9-23(10-16-26)32-29(19-37)34(45-33(32)24-11-17-27(42-2)18-12-24)38-31(39)21-44-35(40)28-5-3-4-6-30(28)43-20-22-7-13-25(36)14-8-22/h3-18H,20-21H2,1-2H3,(H,38,39). The summed E-state index contributed by atoms with van der Waals surface area (Å²) in [6.07, 6.45) is 0. The Balaban J connectivity index is 1.34. The summed E-state index contributed by atoms with van der Waals surface area (Å²) in [6, 6.07) is 30.0. The van der Waals surface area contributed by atoms with Gasteiger partial charge in [-0.2, -0.15) is 5.26 Å². The van der Waals surface area contributed by atoms with E-state index in [1.54, 1.807) is 99.1 Å². The number of esters is 1. The van der Waals surface area contributed by atoms with Crippen molar-refractivity contribution in [2.75, 3.05) is 26.1 Å². The Morgan fingerprint density at radius 3 is 2.09 bits per heavy atom. The van der Waals surface area contributed by atoms with E-state index in [2.05, 4.69) is 11.4 Å². The Hall–Kier alpha value is -5.72. The first-order valence-corrected chi connectivity index (χ1v) is 14.1. The van der Waals surface area contributed by atoms with Gasteiger partial charge in [-0.05, 0) is 71.8 Å². The monoisotopic (exact) mass is 622 g/mol. The van der Waals surface area contributed by atoms with Crippen LogP contribution in [0.2, 0.25) is 5.02 Å². The van der Waals surface area contributed by atoms with Crippen LogP contribution in [-0.4, -0.2) is 32.7 Å². The number of hydrogen-bond acceptors (Lipinski definition) is 8. The van der Waals surface area contributed by atoms with Gasteiger partial charge in [0.2, 0.25) is 5.88 Å². The zero-order valence-electron chi connectivity index (χ0n) is 24.3. The number of methoxy groups -OCH3 is 2. The number of ether oxygens (including phenoxy) is 4. The van der Waals surface area contributed by atoms with E-state index in [1.165, 1.54) is 0 Å². The van der Waals surface area contributed by atoms with E-state index < -0.39 is 18.5 Å². The number of benzene rings is 4. The Kier molecular flexibility index (Phi) is 9.67. The van der Waals surface area contributed by atoms with Crippen molar-refractivity contribution in [2.24, 2.45) is 0 Å². The zero-order chi connectivity index (χ0) is 31.8. The molecule has 1 aromatic heterocycles. The molecule has 0 radical (unpaired) electrons. The minimum Gasteiger partial charge on any atom is -0.497 e. The molecular weight excluding hydrogens is 596 g/mol. The van der Waals surface area contributed by atoms with Crippen molar-refractivity contribution >= 4 is 29.4 Å². The largest absolute Gasteiger partial charge is 0.497 e. The Morgan fingerprint density at radius 2 is 1.47 bits per heavy atom. The van der Waals surface area contributed by atoms with Gasteiger partial charge in [-0.1, -0.05) is 48.0 Å². The fourth-order valence-electron chi connectivity index (χ4n) is 4.48. The molecule has 0 fully saturated rings. The van der Waals surface area contributed by atoms with Crippen molar-refractivity contribution in [1.82, 2.24) is 0 Å². The van der Waals surface area contributed by atoms with Gasteiger partial charge in [0, 0.05) is 16.1 Å². The smallest absolute Gasteiger partial charge is 0.342 e. The summed E-state index contributed by atoms with van der Waals surface area (Å²) in [5.41, 5.74) is 2.91. The highest BCUT2D eigenvalue weighted by molar-refractivity contribution is 6.30. The SMILES string of the molecule is COc1ccc(-c2oc(NC(=O)COC(=O)c3ccccc3OCc3ccc(Cl)cc3)c(C#N)c2-c2ccc(OC)cc2)cc1. The quantitative estimate of drug-likeness (QED) is 0.150. The normalized spacial score (nSPS) is 10.4. The van der Waals surface area contributed by atoms with Crippen molar-refractivity contribution in [3.05, 3.63) is 119 Å². The summed E-state index contributed by atoms with van der Waals surface area (Å²) in [4.78, 5) is 25.9. The topological polar surface area (TPSA) is 120 Å². The molecule has 5 rings (SSSR count). The number of nitrogens with zero attached hydrogens (tertiary/aromatic N) is 1. The van der Waals surface area contributed by atoms with Gasteiger partial charge in [0.05, 0.1) is 14.2 Å². The van der Waals surface area contributed by atoms with E-state index in [9.17, 15) is 14.9 Å². The molecule has 1 heterocycles. The lowest BCUT2D eigenvalue weighted by Gasteiger charge is -2.11. The maximum absolute atomic E-state index is 13.0. The predicted molar refractivity (Wildman–Crippen MR) is 169 cm³/mol. The van der Waals surface area contributed by atoms with E-state index in [-0.39, 0.29) is 23.6 Å². The Morgan fingerprint density at radius 1 is 0.844 bits per heavy atom. The van der Waals surface area contributed by atoms with Crippen molar-refractivity contribution in [3.8, 4) is 45.8 Å². The molecule has 10 heteroatoms. The molecule has 0 spiro atoms.